The van der Waals surface area contributed by atoms with E-state index in [1.54, 1.807) is 10.8 Å². The maximum absolute atomic E-state index is 15.1. The summed E-state index contributed by atoms with van der Waals surface area (Å²) in [5.74, 6) is -6.88. The van der Waals surface area contributed by atoms with Crippen molar-refractivity contribution >= 4 is 33.3 Å². The zero-order valence-electron chi connectivity index (χ0n) is 22.5. The van der Waals surface area contributed by atoms with Crippen molar-refractivity contribution in [2.24, 2.45) is 0 Å². The predicted octanol–water partition coefficient (Wildman–Crippen LogP) is 5.33. The lowest BCUT2D eigenvalue weighted by Crippen LogP contribution is -2.44. The second-order valence-electron chi connectivity index (χ2n) is 9.69. The van der Waals surface area contributed by atoms with Crippen molar-refractivity contribution < 1.29 is 30.7 Å². The molecular formula is C28H22ClF4N7O3S. The number of sulfonamides is 1. The van der Waals surface area contributed by atoms with Gasteiger partial charge in [0.15, 0.2) is 17.4 Å². The molecule has 16 heteroatoms. The Balaban J connectivity index is 1.38. The number of halogens is 5. The Hall–Kier alpha value is -4.52. The van der Waals surface area contributed by atoms with E-state index in [0.717, 1.165) is 0 Å². The maximum atomic E-state index is 15.1. The Morgan fingerprint density at radius 3 is 2.68 bits per heavy atom. The van der Waals surface area contributed by atoms with Gasteiger partial charge in [-0.15, -0.1) is 0 Å². The average Bonchev–Trinajstić information content (AvgIpc) is 2.99. The van der Waals surface area contributed by atoms with E-state index in [9.17, 15) is 18.1 Å². The normalized spacial score (nSPS) is 16.6. The Kier molecular flexibility index (Phi) is 9.14. The van der Waals surface area contributed by atoms with Crippen LogP contribution in [0.3, 0.4) is 0 Å². The third-order valence-corrected chi connectivity index (χ3v) is 7.90. The number of benzene rings is 2. The molecule has 4 aromatic rings. The van der Waals surface area contributed by atoms with Crippen LogP contribution in [0.25, 0.3) is 11.3 Å². The molecule has 1 fully saturated rings. The van der Waals surface area contributed by atoms with Crippen molar-refractivity contribution in [3.63, 3.8) is 0 Å². The maximum Gasteiger partial charge on any atom is 0.237 e. The monoisotopic (exact) mass is 647 g/mol. The number of anilines is 2. The molecule has 3 heterocycles. The minimum atomic E-state index is -4.52. The largest absolute Gasteiger partial charge is 0.435 e. The van der Waals surface area contributed by atoms with Gasteiger partial charge in [-0.1, -0.05) is 17.7 Å². The summed E-state index contributed by atoms with van der Waals surface area (Å²) in [5.41, 5.74) is -0.850. The molecule has 5 rings (SSSR count). The van der Waals surface area contributed by atoms with Gasteiger partial charge in [-0.25, -0.2) is 36.5 Å². The van der Waals surface area contributed by atoms with Crippen LogP contribution in [0.4, 0.5) is 29.2 Å². The first-order valence-corrected chi connectivity index (χ1v) is 15.0. The lowest BCUT2D eigenvalue weighted by Gasteiger charge is -2.26. The van der Waals surface area contributed by atoms with E-state index in [4.69, 9.17) is 16.3 Å². The molecule has 10 nitrogen and oxygen atoms in total. The Bertz CT molecular complexity index is 1860. The third-order valence-electron chi connectivity index (χ3n) is 6.46. The molecule has 1 saturated heterocycles. The van der Waals surface area contributed by atoms with Gasteiger partial charge >= 0.3 is 0 Å². The van der Waals surface area contributed by atoms with Gasteiger partial charge in [-0.3, -0.25) is 4.72 Å². The van der Waals surface area contributed by atoms with Crippen LogP contribution in [0.1, 0.15) is 17.5 Å². The Morgan fingerprint density at radius 2 is 1.91 bits per heavy atom. The molecule has 0 radical (unpaired) electrons. The minimum Gasteiger partial charge on any atom is -0.435 e. The summed E-state index contributed by atoms with van der Waals surface area (Å²) in [4.78, 5) is 12.6. The molecule has 1 aliphatic rings. The van der Waals surface area contributed by atoms with Gasteiger partial charge in [0.2, 0.25) is 27.7 Å². The van der Waals surface area contributed by atoms with E-state index in [0.29, 0.717) is 12.6 Å². The fourth-order valence-electron chi connectivity index (χ4n) is 4.45. The van der Waals surface area contributed by atoms with E-state index in [1.165, 1.54) is 48.8 Å². The first-order valence-electron chi connectivity index (χ1n) is 13.0. The van der Waals surface area contributed by atoms with Crippen molar-refractivity contribution in [3.05, 3.63) is 88.5 Å². The van der Waals surface area contributed by atoms with Crippen LogP contribution in [0.15, 0.2) is 54.9 Å². The van der Waals surface area contributed by atoms with E-state index >= 15 is 13.2 Å². The first-order chi connectivity index (χ1) is 21.0. The number of ether oxygens (including phenoxy) is 1. The molecule has 2 atom stereocenters. The van der Waals surface area contributed by atoms with Gasteiger partial charge in [0.1, 0.15) is 11.9 Å². The van der Waals surface area contributed by atoms with Crippen molar-refractivity contribution in [3.8, 4) is 29.0 Å². The molecule has 0 bridgehead atoms. The molecule has 228 valence electrons. The smallest absolute Gasteiger partial charge is 0.237 e. The first kappa shape index (κ1) is 30.9. The fourth-order valence-corrected chi connectivity index (χ4v) is 5.85. The summed E-state index contributed by atoms with van der Waals surface area (Å²) in [7, 11) is -4.52. The third kappa shape index (κ3) is 7.16. The van der Waals surface area contributed by atoms with Crippen molar-refractivity contribution in [2.45, 2.75) is 24.4 Å². The number of rotatable bonds is 9. The summed E-state index contributed by atoms with van der Waals surface area (Å²) in [6, 6.07) is 10.4. The van der Waals surface area contributed by atoms with Gasteiger partial charge in [-0.2, -0.15) is 9.65 Å². The lowest BCUT2D eigenvalue weighted by molar-refractivity contribution is 0.254. The molecular weight excluding hydrogens is 626 g/mol. The highest BCUT2D eigenvalue weighted by Crippen LogP contribution is 2.36. The number of alkyl halides is 1. The van der Waals surface area contributed by atoms with E-state index in [1.807, 2.05) is 0 Å². The summed E-state index contributed by atoms with van der Waals surface area (Å²) in [6.45, 7) is 0.756. The summed E-state index contributed by atoms with van der Waals surface area (Å²) >= 11 is 5.82. The molecule has 3 N–H and O–H groups in total. The molecule has 2 aromatic carbocycles. The SMILES string of the molecule is N#Cc1cc(Cl)ccc1CS(=O)(=O)Nc1c(F)cc(Oc2ncccc2-c2ccnc(NC3CNC[C@@H](F)C3)n2)c(F)c1F. The number of pyridine rings is 1. The minimum absolute atomic E-state index is 0.0124. The highest BCUT2D eigenvalue weighted by Gasteiger charge is 2.26. The van der Waals surface area contributed by atoms with Gasteiger partial charge in [-0.05, 0) is 35.9 Å². The quantitative estimate of drug-likeness (QED) is 0.162. The van der Waals surface area contributed by atoms with Gasteiger partial charge in [0.05, 0.1) is 28.6 Å². The molecule has 2 aromatic heterocycles. The van der Waals surface area contributed by atoms with Crippen LogP contribution in [0, 0.1) is 28.8 Å². The molecule has 0 saturated carbocycles. The molecule has 44 heavy (non-hydrogen) atoms. The van der Waals surface area contributed by atoms with Crippen LogP contribution in [0.5, 0.6) is 11.6 Å². The number of nitrogens with one attached hydrogen (secondary N) is 3. The molecule has 0 aliphatic carbocycles. The zero-order chi connectivity index (χ0) is 31.4. The van der Waals surface area contributed by atoms with E-state index < -0.39 is 50.8 Å². The predicted molar refractivity (Wildman–Crippen MR) is 154 cm³/mol. The number of hydrogen-bond acceptors (Lipinski definition) is 9. The van der Waals surface area contributed by atoms with Crippen LogP contribution >= 0.6 is 11.6 Å². The number of nitrogens with zero attached hydrogens (tertiary/aromatic N) is 4. The zero-order valence-corrected chi connectivity index (χ0v) is 24.1. The number of piperidine rings is 1. The van der Waals surface area contributed by atoms with E-state index in [-0.39, 0.29) is 58.2 Å². The summed E-state index contributed by atoms with van der Waals surface area (Å²) < 4.78 is 91.5. The van der Waals surface area contributed by atoms with Gasteiger partial charge < -0.3 is 15.4 Å². The van der Waals surface area contributed by atoms with E-state index in [2.05, 4.69) is 25.6 Å². The standard InChI is InChI=1S/C28H22ClF4N7O3S/c29-17-4-3-15(16(8-17)11-34)14-44(41,42)40-26-21(31)10-23(24(32)25(26)33)43-27-20(2-1-6-36-27)22-5-7-37-28(39-22)38-19-9-18(30)12-35-13-19/h1-8,10,18-19,35,40H,9,12-14H2,(H,37,38,39)/t18-,19?/m0/s1. The second-order valence-corrected chi connectivity index (χ2v) is 11.8. The lowest BCUT2D eigenvalue weighted by atomic mass is 10.1. The second kappa shape index (κ2) is 13.0. The number of hydrogen-bond donors (Lipinski definition) is 3. The fraction of sp³-hybridized carbons (Fsp3) is 0.214. The van der Waals surface area contributed by atoms with Gasteiger partial charge in [0, 0.05) is 49.0 Å². The molecule has 1 aliphatic heterocycles. The van der Waals surface area contributed by atoms with Crippen LogP contribution in [-0.4, -0.2) is 48.7 Å². The summed E-state index contributed by atoms with van der Waals surface area (Å²) in [5, 5.41) is 15.4. The Morgan fingerprint density at radius 1 is 1.09 bits per heavy atom. The molecule has 1 unspecified atom stereocenters. The van der Waals surface area contributed by atoms with Gasteiger partial charge in [0.25, 0.3) is 0 Å². The topological polar surface area (TPSA) is 142 Å². The van der Waals surface area contributed by atoms with Crippen molar-refractivity contribution in [1.29, 1.82) is 5.26 Å². The van der Waals surface area contributed by atoms with Crippen LogP contribution < -0.4 is 20.1 Å². The summed E-state index contributed by atoms with van der Waals surface area (Å²) in [6.07, 6.45) is 1.95. The highest BCUT2D eigenvalue weighted by molar-refractivity contribution is 7.91. The average molecular weight is 648 g/mol. The number of aromatic nitrogens is 3. The molecule has 0 amide bonds. The van der Waals surface area contributed by atoms with Crippen LogP contribution in [0.2, 0.25) is 5.02 Å². The van der Waals surface area contributed by atoms with Crippen LogP contribution in [-0.2, 0) is 15.8 Å². The Labute approximate surface area is 254 Å². The van der Waals surface area contributed by atoms with Crippen molar-refractivity contribution in [1.82, 2.24) is 20.3 Å². The van der Waals surface area contributed by atoms with Crippen molar-refractivity contribution in [2.75, 3.05) is 23.1 Å². The molecule has 0 spiro atoms. The highest BCUT2D eigenvalue weighted by atomic mass is 35.5. The number of nitriles is 1.